The van der Waals surface area contributed by atoms with Crippen LogP contribution < -0.4 is 4.90 Å². The van der Waals surface area contributed by atoms with Gasteiger partial charge in [-0.05, 0) is 171 Å². The van der Waals surface area contributed by atoms with E-state index in [1.54, 1.807) is 11.1 Å². The van der Waals surface area contributed by atoms with Crippen molar-refractivity contribution in [2.75, 3.05) is 4.90 Å². The summed E-state index contributed by atoms with van der Waals surface area (Å²) >= 11 is 0. The monoisotopic (exact) mass is 689 g/mol. The van der Waals surface area contributed by atoms with Crippen LogP contribution in [0.25, 0.3) is 33.0 Å². The second-order valence-corrected chi connectivity index (χ2v) is 18.9. The Morgan fingerprint density at radius 3 is 1.79 bits per heavy atom. The quantitative estimate of drug-likeness (QED) is 0.178. The fourth-order valence-corrected chi connectivity index (χ4v) is 12.7. The minimum absolute atomic E-state index is 0.137. The summed E-state index contributed by atoms with van der Waals surface area (Å²) in [5.74, 6) is 3.46. The largest absolute Gasteiger partial charge is 0.310 e. The number of hydrogen-bond acceptors (Lipinski definition) is 1. The van der Waals surface area contributed by atoms with E-state index in [9.17, 15) is 0 Å². The molecule has 0 amide bonds. The number of anilines is 3. The Morgan fingerprint density at radius 2 is 1.04 bits per heavy atom. The second kappa shape index (κ2) is 11.2. The Morgan fingerprint density at radius 1 is 0.453 bits per heavy atom. The lowest BCUT2D eigenvalue weighted by atomic mass is 9.43. The summed E-state index contributed by atoms with van der Waals surface area (Å²) in [6.45, 7) is 9.71. The Bertz CT molecular complexity index is 2400. The van der Waals surface area contributed by atoms with Crippen molar-refractivity contribution in [3.63, 3.8) is 0 Å². The highest BCUT2D eigenvalue weighted by Gasteiger charge is 2.61. The smallest absolute Gasteiger partial charge is 0.0468 e. The van der Waals surface area contributed by atoms with Gasteiger partial charge in [-0.15, -0.1) is 0 Å². The Hall–Kier alpha value is -4.62. The first-order chi connectivity index (χ1) is 25.7. The van der Waals surface area contributed by atoms with E-state index in [2.05, 4.69) is 160 Å². The summed E-state index contributed by atoms with van der Waals surface area (Å²) in [4.78, 5) is 2.49. The molecule has 0 aromatic heterocycles. The number of nitrogens with zero attached hydrogens (tertiary/aromatic N) is 1. The second-order valence-electron chi connectivity index (χ2n) is 18.9. The molecule has 264 valence electrons. The lowest BCUT2D eigenvalue weighted by Crippen LogP contribution is -2.55. The average Bonchev–Trinajstić information content (AvgIpc) is 3.47. The predicted octanol–water partition coefficient (Wildman–Crippen LogP) is 14.0. The van der Waals surface area contributed by atoms with Gasteiger partial charge in [0.05, 0.1) is 0 Å². The summed E-state index contributed by atoms with van der Waals surface area (Å²) in [5.41, 5.74) is 16.1. The van der Waals surface area contributed by atoms with Gasteiger partial charge in [0.1, 0.15) is 0 Å². The molecule has 4 saturated carbocycles. The standard InChI is InChI=1S/C52H51N/c1-50(2)24-25-51(3,4)48-32-42(22-23-46(48)50)53(41-21-16-35-10-5-6-11-37(35)31-41)40-19-17-36(18-20-40)43-13-9-15-47-49(43)44-12-7-8-14-45(44)52(47)38-27-33-26-34(29-38)30-39(52)28-33/h5-23,31-34,38-39H,24-30H2,1-4H3. The Kier molecular flexibility index (Phi) is 6.74. The first-order valence-electron chi connectivity index (χ1n) is 20.5. The predicted molar refractivity (Wildman–Crippen MR) is 223 cm³/mol. The van der Waals surface area contributed by atoms with Crippen molar-refractivity contribution in [3.8, 4) is 22.3 Å². The van der Waals surface area contributed by atoms with E-state index in [-0.39, 0.29) is 16.2 Å². The molecule has 6 aromatic rings. The molecule has 0 radical (unpaired) electrons. The van der Waals surface area contributed by atoms with Crippen LogP contribution in [0.5, 0.6) is 0 Å². The van der Waals surface area contributed by atoms with Crippen LogP contribution in [-0.4, -0.2) is 0 Å². The summed E-state index contributed by atoms with van der Waals surface area (Å²) < 4.78 is 0. The Labute approximate surface area is 316 Å². The highest BCUT2D eigenvalue weighted by molar-refractivity contribution is 5.94. The SMILES string of the molecule is CC1(C)CCC(C)(C)c2cc(N(c3ccc(-c4cccc5c4-c4ccccc4C54C5CC6CC(C5)CC4C6)cc3)c3ccc4ccccc4c3)ccc21. The molecule has 0 saturated heterocycles. The fraction of sp³-hybridized carbons (Fsp3) is 0.346. The van der Waals surface area contributed by atoms with Gasteiger partial charge in [0.2, 0.25) is 0 Å². The topological polar surface area (TPSA) is 3.24 Å². The number of hydrogen-bond donors (Lipinski definition) is 0. The molecule has 6 aliphatic carbocycles. The maximum absolute atomic E-state index is 2.52. The Balaban J connectivity index is 1.05. The lowest BCUT2D eigenvalue weighted by molar-refractivity contribution is -0.0399. The van der Waals surface area contributed by atoms with E-state index in [1.165, 1.54) is 106 Å². The molecule has 6 aromatic carbocycles. The molecule has 12 rings (SSSR count). The molecule has 1 heteroatoms. The molecular formula is C52H51N. The molecule has 0 unspecified atom stereocenters. The molecule has 4 bridgehead atoms. The van der Waals surface area contributed by atoms with Gasteiger partial charge in [0.15, 0.2) is 0 Å². The van der Waals surface area contributed by atoms with Gasteiger partial charge in [-0.2, -0.15) is 0 Å². The maximum atomic E-state index is 2.52. The zero-order valence-corrected chi connectivity index (χ0v) is 31.8. The van der Waals surface area contributed by atoms with Gasteiger partial charge in [0, 0.05) is 22.5 Å². The molecule has 0 aliphatic heterocycles. The van der Waals surface area contributed by atoms with Gasteiger partial charge in [0.25, 0.3) is 0 Å². The van der Waals surface area contributed by atoms with Crippen molar-refractivity contribution in [1.29, 1.82) is 0 Å². The normalized spacial score (nSPS) is 26.7. The van der Waals surface area contributed by atoms with Crippen LogP contribution in [-0.2, 0) is 16.2 Å². The first kappa shape index (κ1) is 31.9. The van der Waals surface area contributed by atoms with Crippen LogP contribution in [0.2, 0.25) is 0 Å². The molecule has 0 heterocycles. The summed E-state index contributed by atoms with van der Waals surface area (Å²) in [7, 11) is 0. The molecule has 4 fully saturated rings. The van der Waals surface area contributed by atoms with Crippen molar-refractivity contribution in [3.05, 3.63) is 150 Å². The van der Waals surface area contributed by atoms with Crippen molar-refractivity contribution in [1.82, 2.24) is 0 Å². The maximum Gasteiger partial charge on any atom is 0.0468 e. The summed E-state index contributed by atoms with van der Waals surface area (Å²) in [5, 5.41) is 2.54. The van der Waals surface area contributed by atoms with Crippen molar-refractivity contribution in [2.45, 2.75) is 88.9 Å². The average molecular weight is 690 g/mol. The van der Waals surface area contributed by atoms with Crippen molar-refractivity contribution >= 4 is 27.8 Å². The van der Waals surface area contributed by atoms with E-state index < -0.39 is 0 Å². The molecule has 6 aliphatic rings. The van der Waals surface area contributed by atoms with Crippen LogP contribution in [0.15, 0.2) is 127 Å². The van der Waals surface area contributed by atoms with E-state index >= 15 is 0 Å². The number of rotatable bonds is 4. The molecular weight excluding hydrogens is 639 g/mol. The van der Waals surface area contributed by atoms with E-state index in [1.807, 2.05) is 0 Å². The van der Waals surface area contributed by atoms with Gasteiger partial charge in [-0.1, -0.05) is 119 Å². The van der Waals surface area contributed by atoms with Crippen LogP contribution in [0.1, 0.15) is 94.9 Å². The summed E-state index contributed by atoms with van der Waals surface area (Å²) in [6.07, 6.45) is 9.59. The third-order valence-electron chi connectivity index (χ3n) is 15.1. The van der Waals surface area contributed by atoms with E-state index in [0.29, 0.717) is 0 Å². The number of benzene rings is 6. The van der Waals surface area contributed by atoms with Gasteiger partial charge < -0.3 is 4.90 Å². The van der Waals surface area contributed by atoms with Gasteiger partial charge in [-0.3, -0.25) is 0 Å². The van der Waals surface area contributed by atoms with Crippen molar-refractivity contribution < 1.29 is 0 Å². The van der Waals surface area contributed by atoms with Crippen molar-refractivity contribution in [2.24, 2.45) is 23.7 Å². The molecule has 0 N–H and O–H groups in total. The third-order valence-corrected chi connectivity index (χ3v) is 15.1. The lowest BCUT2D eigenvalue weighted by Gasteiger charge is -2.61. The molecule has 1 nitrogen and oxygen atoms in total. The highest BCUT2D eigenvalue weighted by Crippen LogP contribution is 2.70. The zero-order chi connectivity index (χ0) is 35.7. The molecule has 0 atom stereocenters. The van der Waals surface area contributed by atoms with Gasteiger partial charge in [-0.25, -0.2) is 0 Å². The van der Waals surface area contributed by atoms with E-state index in [0.717, 1.165) is 23.7 Å². The first-order valence-corrected chi connectivity index (χ1v) is 20.5. The number of fused-ring (bicyclic) bond motifs is 5. The van der Waals surface area contributed by atoms with Crippen LogP contribution >= 0.6 is 0 Å². The highest BCUT2D eigenvalue weighted by atomic mass is 15.1. The van der Waals surface area contributed by atoms with Crippen LogP contribution in [0.3, 0.4) is 0 Å². The minimum Gasteiger partial charge on any atom is -0.310 e. The minimum atomic E-state index is 0.137. The van der Waals surface area contributed by atoms with Gasteiger partial charge >= 0.3 is 0 Å². The molecule has 53 heavy (non-hydrogen) atoms. The van der Waals surface area contributed by atoms with Crippen LogP contribution in [0.4, 0.5) is 17.1 Å². The fourth-order valence-electron chi connectivity index (χ4n) is 12.7. The van der Waals surface area contributed by atoms with E-state index in [4.69, 9.17) is 0 Å². The molecule has 1 spiro atoms. The third kappa shape index (κ3) is 4.55. The van der Waals surface area contributed by atoms with Crippen LogP contribution in [0, 0.1) is 23.7 Å². The summed E-state index contributed by atoms with van der Waals surface area (Å²) in [6, 6.07) is 49.4. The zero-order valence-electron chi connectivity index (χ0n) is 31.8.